The van der Waals surface area contributed by atoms with Crippen LogP contribution in [0.15, 0.2) is 12.1 Å². The van der Waals surface area contributed by atoms with Crippen LogP contribution >= 0.6 is 34.8 Å². The van der Waals surface area contributed by atoms with Crippen molar-refractivity contribution in [3.8, 4) is 0 Å². The third kappa shape index (κ3) is 3.94. The molecular weight excluding hydrogens is 295 g/mol. The van der Waals surface area contributed by atoms with Gasteiger partial charge >= 0.3 is 0 Å². The van der Waals surface area contributed by atoms with E-state index in [4.69, 9.17) is 34.8 Å². The Hall–Kier alpha value is -0.640. The Labute approximate surface area is 121 Å². The van der Waals surface area contributed by atoms with Crippen LogP contribution in [0.3, 0.4) is 0 Å². The minimum atomic E-state index is -0.0658. The summed E-state index contributed by atoms with van der Waals surface area (Å²) in [6.45, 7) is 0.899. The first-order valence-electron chi connectivity index (χ1n) is 5.71. The number of carbonyl (C=O) groups excluding carboxylic acids is 1. The average molecular weight is 308 g/mol. The topological polar surface area (TPSA) is 41.1 Å². The van der Waals surface area contributed by atoms with Gasteiger partial charge in [-0.2, -0.15) is 0 Å². The Bertz CT molecular complexity index is 438. The molecular formula is C12H13Cl3N2O. The Morgan fingerprint density at radius 2 is 1.83 bits per heavy atom. The zero-order chi connectivity index (χ0) is 13.1. The summed E-state index contributed by atoms with van der Waals surface area (Å²) < 4.78 is 0. The lowest BCUT2D eigenvalue weighted by Gasteiger charge is -2.11. The lowest BCUT2D eigenvalue weighted by molar-refractivity contribution is -0.119. The number of benzene rings is 1. The molecule has 0 heterocycles. The third-order valence-corrected chi connectivity index (χ3v) is 3.53. The van der Waals surface area contributed by atoms with Crippen molar-refractivity contribution in [2.75, 3.05) is 18.4 Å². The van der Waals surface area contributed by atoms with E-state index in [1.54, 1.807) is 12.1 Å². The van der Waals surface area contributed by atoms with Crippen LogP contribution < -0.4 is 10.6 Å². The van der Waals surface area contributed by atoms with Crippen LogP contribution in [0.5, 0.6) is 0 Å². The Morgan fingerprint density at radius 3 is 2.39 bits per heavy atom. The second-order valence-corrected chi connectivity index (χ2v) is 5.60. The molecule has 0 aromatic heterocycles. The predicted octanol–water partition coefficient (Wildman–Crippen LogP) is 3.58. The maximum Gasteiger partial charge on any atom is 0.239 e. The maximum absolute atomic E-state index is 11.6. The van der Waals surface area contributed by atoms with E-state index in [1.807, 2.05) is 0 Å². The Balaban J connectivity index is 1.86. The van der Waals surface area contributed by atoms with E-state index < -0.39 is 0 Å². The van der Waals surface area contributed by atoms with Gasteiger partial charge in [-0.25, -0.2) is 0 Å². The molecule has 0 atom stereocenters. The average Bonchev–Trinajstić information content (AvgIpc) is 3.08. The second-order valence-electron chi connectivity index (χ2n) is 4.35. The summed E-state index contributed by atoms with van der Waals surface area (Å²) in [7, 11) is 0. The SMILES string of the molecule is O=C(CNc1c(Cl)cc(Cl)cc1Cl)NCC1CC1. The molecule has 0 unspecified atom stereocenters. The minimum Gasteiger partial charge on any atom is -0.374 e. The molecule has 0 saturated heterocycles. The smallest absolute Gasteiger partial charge is 0.239 e. The summed E-state index contributed by atoms with van der Waals surface area (Å²) in [5.74, 6) is 0.598. The number of nitrogens with one attached hydrogen (secondary N) is 2. The quantitative estimate of drug-likeness (QED) is 0.873. The van der Waals surface area contributed by atoms with Crippen LogP contribution in [-0.2, 0) is 4.79 Å². The van der Waals surface area contributed by atoms with Crippen molar-refractivity contribution in [1.29, 1.82) is 0 Å². The molecule has 98 valence electrons. The molecule has 0 spiro atoms. The van der Waals surface area contributed by atoms with Gasteiger partial charge in [0.05, 0.1) is 22.3 Å². The van der Waals surface area contributed by atoms with Crippen molar-refractivity contribution < 1.29 is 4.79 Å². The lowest BCUT2D eigenvalue weighted by atomic mass is 10.3. The monoisotopic (exact) mass is 306 g/mol. The zero-order valence-electron chi connectivity index (χ0n) is 9.60. The molecule has 2 N–H and O–H groups in total. The summed E-state index contributed by atoms with van der Waals surface area (Å²) in [5, 5.41) is 7.05. The van der Waals surface area contributed by atoms with Gasteiger partial charge in [0, 0.05) is 11.6 Å². The van der Waals surface area contributed by atoms with Crippen molar-refractivity contribution in [2.24, 2.45) is 5.92 Å². The minimum absolute atomic E-state index is 0.0658. The molecule has 1 fully saturated rings. The summed E-state index contributed by atoms with van der Waals surface area (Å²) >= 11 is 17.8. The first-order chi connectivity index (χ1) is 8.56. The number of rotatable bonds is 5. The van der Waals surface area contributed by atoms with Crippen LogP contribution in [0.25, 0.3) is 0 Å². The molecule has 0 bridgehead atoms. The van der Waals surface area contributed by atoms with E-state index in [0.29, 0.717) is 26.7 Å². The molecule has 0 aliphatic heterocycles. The van der Waals surface area contributed by atoms with Gasteiger partial charge in [0.15, 0.2) is 0 Å². The van der Waals surface area contributed by atoms with Gasteiger partial charge in [0.25, 0.3) is 0 Å². The summed E-state index contributed by atoms with van der Waals surface area (Å²) in [6, 6.07) is 3.17. The molecule has 0 radical (unpaired) electrons. The number of hydrogen-bond donors (Lipinski definition) is 2. The second kappa shape index (κ2) is 6.00. The van der Waals surface area contributed by atoms with Crippen LogP contribution in [-0.4, -0.2) is 19.0 Å². The van der Waals surface area contributed by atoms with E-state index in [0.717, 1.165) is 6.54 Å². The van der Waals surface area contributed by atoms with Gasteiger partial charge in [-0.05, 0) is 30.9 Å². The fourth-order valence-electron chi connectivity index (χ4n) is 1.52. The van der Waals surface area contributed by atoms with E-state index in [1.165, 1.54) is 12.8 Å². The summed E-state index contributed by atoms with van der Waals surface area (Å²) in [5.41, 5.74) is 0.532. The van der Waals surface area contributed by atoms with E-state index in [-0.39, 0.29) is 12.5 Å². The van der Waals surface area contributed by atoms with Crippen molar-refractivity contribution >= 4 is 46.4 Å². The van der Waals surface area contributed by atoms with E-state index in [2.05, 4.69) is 10.6 Å². The maximum atomic E-state index is 11.6. The number of anilines is 1. The summed E-state index contributed by atoms with van der Waals surface area (Å²) in [4.78, 5) is 11.6. The lowest BCUT2D eigenvalue weighted by Crippen LogP contribution is -2.31. The van der Waals surface area contributed by atoms with Gasteiger partial charge in [-0.1, -0.05) is 34.8 Å². The zero-order valence-corrected chi connectivity index (χ0v) is 11.9. The van der Waals surface area contributed by atoms with Gasteiger partial charge < -0.3 is 10.6 Å². The van der Waals surface area contributed by atoms with Crippen LogP contribution in [0, 0.1) is 5.92 Å². The molecule has 1 aliphatic carbocycles. The van der Waals surface area contributed by atoms with E-state index >= 15 is 0 Å². The van der Waals surface area contributed by atoms with Gasteiger partial charge in [0.1, 0.15) is 0 Å². The van der Waals surface area contributed by atoms with Crippen molar-refractivity contribution in [1.82, 2.24) is 5.32 Å². The predicted molar refractivity (Wildman–Crippen MR) is 75.7 cm³/mol. The Kier molecular flexibility index (Phi) is 4.60. The first kappa shape index (κ1) is 13.8. The largest absolute Gasteiger partial charge is 0.374 e. The molecule has 6 heteroatoms. The molecule has 1 aromatic rings. The highest BCUT2D eigenvalue weighted by molar-refractivity contribution is 6.41. The normalized spacial score (nSPS) is 14.4. The Morgan fingerprint density at radius 1 is 1.22 bits per heavy atom. The molecule has 1 aromatic carbocycles. The summed E-state index contributed by atoms with van der Waals surface area (Å²) in [6.07, 6.45) is 2.42. The van der Waals surface area contributed by atoms with Crippen LogP contribution in [0.2, 0.25) is 15.1 Å². The van der Waals surface area contributed by atoms with Crippen LogP contribution in [0.4, 0.5) is 5.69 Å². The van der Waals surface area contributed by atoms with Gasteiger partial charge in [0.2, 0.25) is 5.91 Å². The van der Waals surface area contributed by atoms with Crippen molar-refractivity contribution in [3.05, 3.63) is 27.2 Å². The number of halogens is 3. The number of amides is 1. The third-order valence-electron chi connectivity index (χ3n) is 2.72. The molecule has 2 rings (SSSR count). The standard InChI is InChI=1S/C12H13Cl3N2O/c13-8-3-9(14)12(10(15)4-8)17-6-11(18)16-5-7-1-2-7/h3-4,7,17H,1-2,5-6H2,(H,16,18). The first-order valence-corrected chi connectivity index (χ1v) is 6.85. The fraction of sp³-hybridized carbons (Fsp3) is 0.417. The highest BCUT2D eigenvalue weighted by Gasteiger charge is 2.21. The molecule has 1 amide bonds. The van der Waals surface area contributed by atoms with Crippen LogP contribution in [0.1, 0.15) is 12.8 Å². The highest BCUT2D eigenvalue weighted by Crippen LogP contribution is 2.33. The molecule has 3 nitrogen and oxygen atoms in total. The van der Waals surface area contributed by atoms with Gasteiger partial charge in [-0.3, -0.25) is 4.79 Å². The molecule has 1 saturated carbocycles. The van der Waals surface area contributed by atoms with E-state index in [9.17, 15) is 4.79 Å². The number of carbonyl (C=O) groups is 1. The van der Waals surface area contributed by atoms with Crippen molar-refractivity contribution in [2.45, 2.75) is 12.8 Å². The fourth-order valence-corrected chi connectivity index (χ4v) is 2.47. The molecule has 1 aliphatic rings. The van der Waals surface area contributed by atoms with Crippen molar-refractivity contribution in [3.63, 3.8) is 0 Å². The molecule has 18 heavy (non-hydrogen) atoms. The number of hydrogen-bond acceptors (Lipinski definition) is 2. The highest BCUT2D eigenvalue weighted by atomic mass is 35.5. The van der Waals surface area contributed by atoms with Gasteiger partial charge in [-0.15, -0.1) is 0 Å².